The predicted octanol–water partition coefficient (Wildman–Crippen LogP) is 2.49. The summed E-state index contributed by atoms with van der Waals surface area (Å²) in [6.45, 7) is 11.3. The van der Waals surface area contributed by atoms with Crippen molar-refractivity contribution in [2.24, 2.45) is 0 Å². The van der Waals surface area contributed by atoms with Gasteiger partial charge in [0.25, 0.3) is 0 Å². The standard InChI is InChI=1S/C20H29N3O2/c1-4-20(24)21-17(13-22-9-11-25-12-10-22)14-23-16(3)15(2)18-7-5-6-8-19(18)23/h5-8,17H,4,9-14H2,1-3H3,(H,21,24). The molecule has 1 atom stereocenters. The number of nitrogens with one attached hydrogen (secondary N) is 1. The minimum atomic E-state index is 0.0967. The molecule has 5 heteroatoms. The molecule has 0 saturated carbocycles. The van der Waals surface area contributed by atoms with Gasteiger partial charge < -0.3 is 14.6 Å². The van der Waals surface area contributed by atoms with Crippen LogP contribution in [-0.2, 0) is 16.1 Å². The summed E-state index contributed by atoms with van der Waals surface area (Å²) >= 11 is 0. The van der Waals surface area contributed by atoms with Crippen LogP contribution in [0.2, 0.25) is 0 Å². The highest BCUT2D eigenvalue weighted by Crippen LogP contribution is 2.25. The second kappa shape index (κ2) is 8.02. The first kappa shape index (κ1) is 18.0. The summed E-state index contributed by atoms with van der Waals surface area (Å²) in [6, 6.07) is 8.61. The number of fused-ring (bicyclic) bond motifs is 1. The van der Waals surface area contributed by atoms with Crippen molar-refractivity contribution >= 4 is 16.8 Å². The molecular formula is C20H29N3O2. The fraction of sp³-hybridized carbons (Fsp3) is 0.550. The first-order chi connectivity index (χ1) is 12.1. The van der Waals surface area contributed by atoms with E-state index in [1.807, 2.05) is 6.92 Å². The molecule has 25 heavy (non-hydrogen) atoms. The van der Waals surface area contributed by atoms with Crippen LogP contribution < -0.4 is 5.32 Å². The van der Waals surface area contributed by atoms with Crippen LogP contribution in [0.1, 0.15) is 24.6 Å². The lowest BCUT2D eigenvalue weighted by Crippen LogP contribution is -2.49. The smallest absolute Gasteiger partial charge is 0.220 e. The highest BCUT2D eigenvalue weighted by molar-refractivity contribution is 5.85. The molecule has 1 fully saturated rings. The van der Waals surface area contributed by atoms with E-state index in [2.05, 4.69) is 52.9 Å². The van der Waals surface area contributed by atoms with Crippen molar-refractivity contribution in [3.05, 3.63) is 35.5 Å². The van der Waals surface area contributed by atoms with E-state index in [0.29, 0.717) is 6.42 Å². The number of aromatic nitrogens is 1. The molecule has 1 aliphatic rings. The second-order valence-corrected chi connectivity index (χ2v) is 6.87. The van der Waals surface area contributed by atoms with Gasteiger partial charge in [0.1, 0.15) is 0 Å². The Morgan fingerprint density at radius 2 is 1.92 bits per heavy atom. The quantitative estimate of drug-likeness (QED) is 0.876. The van der Waals surface area contributed by atoms with Crippen molar-refractivity contribution in [2.45, 2.75) is 39.8 Å². The number of hydrogen-bond acceptors (Lipinski definition) is 3. The fourth-order valence-electron chi connectivity index (χ4n) is 3.63. The van der Waals surface area contributed by atoms with Gasteiger partial charge in [-0.15, -0.1) is 0 Å². The number of hydrogen-bond donors (Lipinski definition) is 1. The molecule has 1 aliphatic heterocycles. The number of aryl methyl sites for hydroxylation is 1. The van der Waals surface area contributed by atoms with Crippen molar-refractivity contribution in [3.63, 3.8) is 0 Å². The normalized spacial score (nSPS) is 16.9. The monoisotopic (exact) mass is 343 g/mol. The van der Waals surface area contributed by atoms with Gasteiger partial charge in [-0.05, 0) is 25.5 Å². The average molecular weight is 343 g/mol. The molecule has 136 valence electrons. The van der Waals surface area contributed by atoms with Gasteiger partial charge in [-0.1, -0.05) is 25.1 Å². The van der Waals surface area contributed by atoms with Crippen LogP contribution in [-0.4, -0.2) is 54.3 Å². The van der Waals surface area contributed by atoms with E-state index < -0.39 is 0 Å². The molecule has 1 unspecified atom stereocenters. The summed E-state index contributed by atoms with van der Waals surface area (Å²) in [7, 11) is 0. The molecule has 1 saturated heterocycles. The summed E-state index contributed by atoms with van der Waals surface area (Å²) in [5.41, 5.74) is 3.84. The first-order valence-electron chi connectivity index (χ1n) is 9.24. The molecule has 1 N–H and O–H groups in total. The number of carbonyl (C=O) groups excluding carboxylic acids is 1. The summed E-state index contributed by atoms with van der Waals surface area (Å²) in [6.07, 6.45) is 0.518. The maximum Gasteiger partial charge on any atom is 0.220 e. The Hall–Kier alpha value is -1.85. The Bertz CT molecular complexity index is 732. The molecular weight excluding hydrogens is 314 g/mol. The Kier molecular flexibility index (Phi) is 5.76. The molecule has 0 bridgehead atoms. The summed E-state index contributed by atoms with van der Waals surface area (Å²) < 4.78 is 7.80. The largest absolute Gasteiger partial charge is 0.379 e. The maximum absolute atomic E-state index is 12.0. The summed E-state index contributed by atoms with van der Waals surface area (Å²) in [5, 5.41) is 4.52. The van der Waals surface area contributed by atoms with E-state index in [1.54, 1.807) is 0 Å². The van der Waals surface area contributed by atoms with Gasteiger partial charge in [0.2, 0.25) is 5.91 Å². The van der Waals surface area contributed by atoms with Crippen LogP contribution in [0.5, 0.6) is 0 Å². The zero-order chi connectivity index (χ0) is 17.8. The van der Waals surface area contributed by atoms with Gasteiger partial charge in [0.15, 0.2) is 0 Å². The van der Waals surface area contributed by atoms with Crippen molar-refractivity contribution in [1.29, 1.82) is 0 Å². The minimum Gasteiger partial charge on any atom is -0.379 e. The Labute approximate surface area is 149 Å². The third-order valence-electron chi connectivity index (χ3n) is 5.22. The van der Waals surface area contributed by atoms with Crippen molar-refractivity contribution in [2.75, 3.05) is 32.8 Å². The fourth-order valence-corrected chi connectivity index (χ4v) is 3.63. The molecule has 2 heterocycles. The number of para-hydroxylation sites is 1. The lowest BCUT2D eigenvalue weighted by molar-refractivity contribution is -0.121. The Morgan fingerprint density at radius 3 is 2.64 bits per heavy atom. The number of rotatable bonds is 6. The molecule has 5 nitrogen and oxygen atoms in total. The third-order valence-corrected chi connectivity index (χ3v) is 5.22. The van der Waals surface area contributed by atoms with Crippen molar-refractivity contribution in [3.8, 4) is 0 Å². The van der Waals surface area contributed by atoms with E-state index in [1.165, 1.54) is 22.2 Å². The highest BCUT2D eigenvalue weighted by atomic mass is 16.5. The van der Waals surface area contributed by atoms with Crippen molar-refractivity contribution < 1.29 is 9.53 Å². The van der Waals surface area contributed by atoms with Gasteiger partial charge in [0, 0.05) is 49.2 Å². The lowest BCUT2D eigenvalue weighted by Gasteiger charge is -2.31. The van der Waals surface area contributed by atoms with E-state index in [4.69, 9.17) is 4.74 Å². The predicted molar refractivity (Wildman–Crippen MR) is 101 cm³/mol. The molecule has 1 aromatic heterocycles. The van der Waals surface area contributed by atoms with E-state index in [9.17, 15) is 4.79 Å². The molecule has 0 spiro atoms. The van der Waals surface area contributed by atoms with Crippen molar-refractivity contribution in [1.82, 2.24) is 14.8 Å². The number of nitrogens with zero attached hydrogens (tertiary/aromatic N) is 2. The van der Waals surface area contributed by atoms with Crippen LogP contribution in [0.25, 0.3) is 10.9 Å². The maximum atomic E-state index is 12.0. The Morgan fingerprint density at radius 1 is 1.20 bits per heavy atom. The van der Waals surface area contributed by atoms with Gasteiger partial charge in [-0.2, -0.15) is 0 Å². The molecule has 3 rings (SSSR count). The van der Waals surface area contributed by atoms with Gasteiger partial charge in [-0.25, -0.2) is 0 Å². The minimum absolute atomic E-state index is 0.0967. The lowest BCUT2D eigenvalue weighted by atomic mass is 10.2. The zero-order valence-corrected chi connectivity index (χ0v) is 15.5. The molecule has 0 aliphatic carbocycles. The van der Waals surface area contributed by atoms with Gasteiger partial charge in [0.05, 0.1) is 19.3 Å². The molecule has 1 aromatic carbocycles. The number of amides is 1. The SMILES string of the molecule is CCC(=O)NC(CN1CCOCC1)Cn1c(C)c(C)c2ccccc21. The Balaban J connectivity index is 1.84. The zero-order valence-electron chi connectivity index (χ0n) is 15.5. The summed E-state index contributed by atoms with van der Waals surface area (Å²) in [5.74, 6) is 0.115. The summed E-state index contributed by atoms with van der Waals surface area (Å²) in [4.78, 5) is 14.4. The number of benzene rings is 1. The molecule has 1 amide bonds. The van der Waals surface area contributed by atoms with Crippen LogP contribution in [0, 0.1) is 13.8 Å². The number of morpholine rings is 1. The molecule has 2 aromatic rings. The average Bonchev–Trinajstić information content (AvgIpc) is 2.87. The molecule has 0 radical (unpaired) electrons. The van der Waals surface area contributed by atoms with E-state index in [0.717, 1.165) is 39.4 Å². The van der Waals surface area contributed by atoms with Crippen LogP contribution in [0.4, 0.5) is 0 Å². The van der Waals surface area contributed by atoms with E-state index in [-0.39, 0.29) is 11.9 Å². The van der Waals surface area contributed by atoms with Crippen LogP contribution in [0.3, 0.4) is 0 Å². The van der Waals surface area contributed by atoms with Crippen LogP contribution in [0.15, 0.2) is 24.3 Å². The van der Waals surface area contributed by atoms with Gasteiger partial charge in [-0.3, -0.25) is 9.69 Å². The first-order valence-corrected chi connectivity index (χ1v) is 9.24. The second-order valence-electron chi connectivity index (χ2n) is 6.87. The topological polar surface area (TPSA) is 46.5 Å². The third kappa shape index (κ3) is 4.05. The number of carbonyl (C=O) groups is 1. The highest BCUT2D eigenvalue weighted by Gasteiger charge is 2.20. The van der Waals surface area contributed by atoms with Gasteiger partial charge >= 0.3 is 0 Å². The number of ether oxygens (including phenoxy) is 1. The van der Waals surface area contributed by atoms with E-state index >= 15 is 0 Å². The van der Waals surface area contributed by atoms with Crippen LogP contribution >= 0.6 is 0 Å².